The molecule has 8 nitrogen and oxygen atoms in total. The van der Waals surface area contributed by atoms with Gasteiger partial charge in [-0.2, -0.15) is 0 Å². The molecule has 0 bridgehead atoms. The Morgan fingerprint density at radius 2 is 1.73 bits per heavy atom. The van der Waals surface area contributed by atoms with E-state index in [0.717, 1.165) is 0 Å². The van der Waals surface area contributed by atoms with Crippen LogP contribution in [0.5, 0.6) is 5.75 Å². The lowest BCUT2D eigenvalue weighted by molar-refractivity contribution is 0.475. The Labute approximate surface area is 190 Å². The monoisotopic (exact) mass is 457 g/mol. The molecule has 0 fully saturated rings. The van der Waals surface area contributed by atoms with Crippen LogP contribution in [0.25, 0.3) is 22.3 Å². The van der Waals surface area contributed by atoms with E-state index in [9.17, 15) is 13.5 Å². The predicted molar refractivity (Wildman–Crippen MR) is 128 cm³/mol. The molecule has 0 radical (unpaired) electrons. The molecule has 0 aliphatic carbocycles. The van der Waals surface area contributed by atoms with Crippen LogP contribution < -0.4 is 11.1 Å². The number of benzene rings is 3. The first-order valence-corrected chi connectivity index (χ1v) is 11.5. The van der Waals surface area contributed by atoms with Crippen LogP contribution in [0, 0.1) is 0 Å². The van der Waals surface area contributed by atoms with Gasteiger partial charge >= 0.3 is 0 Å². The maximum Gasteiger partial charge on any atom is 0.268 e. The Balaban J connectivity index is 1.56. The minimum Gasteiger partial charge on any atom is -0.508 e. The van der Waals surface area contributed by atoms with Gasteiger partial charge in [-0.15, -0.1) is 0 Å². The van der Waals surface area contributed by atoms with Crippen molar-refractivity contribution in [2.75, 3.05) is 11.1 Å². The Bertz CT molecular complexity index is 1580. The lowest BCUT2D eigenvalue weighted by Gasteiger charge is -2.12. The molecule has 4 N–H and O–H groups in total. The van der Waals surface area contributed by atoms with E-state index in [4.69, 9.17) is 5.73 Å². The van der Waals surface area contributed by atoms with Gasteiger partial charge in [0.15, 0.2) is 11.6 Å². The highest BCUT2D eigenvalue weighted by molar-refractivity contribution is 7.90. The highest BCUT2D eigenvalue weighted by atomic mass is 32.2. The van der Waals surface area contributed by atoms with E-state index in [-0.39, 0.29) is 10.6 Å². The summed E-state index contributed by atoms with van der Waals surface area (Å²) in [6.07, 6.45) is 3.01. The molecule has 2 aromatic heterocycles. The third kappa shape index (κ3) is 3.74. The maximum atomic E-state index is 13.1. The molecule has 0 unspecified atom stereocenters. The molecule has 0 aliphatic rings. The standard InChI is InChI=1S/C24H19N5O3S/c25-20-15-26-23(16-6-4-7-17(30)14-16)28-24(20)27-21-10-5-11-22-19(21)12-13-29(22)33(31,32)18-8-2-1-3-9-18/h1-15,30H,25H2,(H,26,27,28). The van der Waals surface area contributed by atoms with Gasteiger partial charge in [-0.3, -0.25) is 0 Å². The molecule has 9 heteroatoms. The Hall–Kier alpha value is -4.37. The molecule has 0 amide bonds. The van der Waals surface area contributed by atoms with Gasteiger partial charge in [0.1, 0.15) is 5.75 Å². The molecule has 0 saturated heterocycles. The summed E-state index contributed by atoms with van der Waals surface area (Å²) in [5.74, 6) is 0.863. The zero-order chi connectivity index (χ0) is 23.0. The summed E-state index contributed by atoms with van der Waals surface area (Å²) in [5.41, 5.74) is 8.22. The van der Waals surface area contributed by atoms with E-state index in [2.05, 4.69) is 15.3 Å². The van der Waals surface area contributed by atoms with Crippen LogP contribution in [0.1, 0.15) is 0 Å². The van der Waals surface area contributed by atoms with Crippen LogP contribution in [0.15, 0.2) is 96.2 Å². The van der Waals surface area contributed by atoms with E-state index in [0.29, 0.717) is 39.5 Å². The van der Waals surface area contributed by atoms with Gasteiger partial charge < -0.3 is 16.2 Å². The number of phenols is 1. The number of hydrogen-bond acceptors (Lipinski definition) is 7. The second-order valence-electron chi connectivity index (χ2n) is 7.34. The molecular formula is C24H19N5O3S. The number of nitrogens with two attached hydrogens (primary N) is 1. The van der Waals surface area contributed by atoms with E-state index >= 15 is 0 Å². The Morgan fingerprint density at radius 1 is 0.939 bits per heavy atom. The number of nitrogens with one attached hydrogen (secondary N) is 1. The lowest BCUT2D eigenvalue weighted by atomic mass is 10.2. The lowest BCUT2D eigenvalue weighted by Crippen LogP contribution is -2.11. The number of anilines is 3. The van der Waals surface area contributed by atoms with Crippen molar-refractivity contribution in [3.8, 4) is 17.1 Å². The highest BCUT2D eigenvalue weighted by Crippen LogP contribution is 2.31. The molecule has 3 aromatic carbocycles. The summed E-state index contributed by atoms with van der Waals surface area (Å²) < 4.78 is 27.5. The second kappa shape index (κ2) is 7.95. The van der Waals surface area contributed by atoms with Crippen molar-refractivity contribution in [3.05, 3.63) is 91.3 Å². The number of nitrogens with zero attached hydrogens (tertiary/aromatic N) is 3. The minimum atomic E-state index is -3.75. The molecule has 5 rings (SSSR count). The van der Waals surface area contributed by atoms with Crippen molar-refractivity contribution < 1.29 is 13.5 Å². The molecule has 0 saturated carbocycles. The number of rotatable bonds is 5. The smallest absolute Gasteiger partial charge is 0.268 e. The van der Waals surface area contributed by atoms with Crippen molar-refractivity contribution >= 4 is 38.1 Å². The van der Waals surface area contributed by atoms with Crippen LogP contribution in [0.4, 0.5) is 17.2 Å². The topological polar surface area (TPSA) is 123 Å². The first-order chi connectivity index (χ1) is 15.9. The van der Waals surface area contributed by atoms with Crippen LogP contribution in [-0.4, -0.2) is 27.5 Å². The molecule has 2 heterocycles. The van der Waals surface area contributed by atoms with Crippen molar-refractivity contribution in [2.45, 2.75) is 4.90 Å². The fourth-order valence-corrected chi connectivity index (χ4v) is 4.94. The summed E-state index contributed by atoms with van der Waals surface area (Å²) in [7, 11) is -3.75. The first kappa shape index (κ1) is 20.5. The largest absolute Gasteiger partial charge is 0.508 e. The van der Waals surface area contributed by atoms with Crippen LogP contribution >= 0.6 is 0 Å². The SMILES string of the molecule is Nc1cnc(-c2cccc(O)c2)nc1Nc1cccc2c1ccn2S(=O)(=O)c1ccccc1. The molecule has 33 heavy (non-hydrogen) atoms. The van der Waals surface area contributed by atoms with Crippen molar-refractivity contribution in [3.63, 3.8) is 0 Å². The van der Waals surface area contributed by atoms with Crippen molar-refractivity contribution in [1.29, 1.82) is 0 Å². The van der Waals surface area contributed by atoms with Gasteiger partial charge in [-0.1, -0.05) is 36.4 Å². The summed E-state index contributed by atoms with van der Waals surface area (Å²) in [6.45, 7) is 0. The fraction of sp³-hybridized carbons (Fsp3) is 0. The van der Waals surface area contributed by atoms with E-state index in [1.54, 1.807) is 72.8 Å². The van der Waals surface area contributed by atoms with Gasteiger partial charge in [0, 0.05) is 22.8 Å². The number of phenolic OH excluding ortho intramolecular Hbond substituents is 1. The molecular weight excluding hydrogens is 438 g/mol. The first-order valence-electron chi connectivity index (χ1n) is 10.0. The Kier molecular flexibility index (Phi) is 4.95. The van der Waals surface area contributed by atoms with E-state index < -0.39 is 10.0 Å². The third-order valence-corrected chi connectivity index (χ3v) is 6.88. The van der Waals surface area contributed by atoms with Crippen molar-refractivity contribution in [2.24, 2.45) is 0 Å². The summed E-state index contributed by atoms with van der Waals surface area (Å²) in [6, 6.07) is 21.9. The van der Waals surface area contributed by atoms with Gasteiger partial charge in [0.2, 0.25) is 0 Å². The van der Waals surface area contributed by atoms with Gasteiger partial charge in [0.25, 0.3) is 10.0 Å². The quantitative estimate of drug-likeness (QED) is 0.358. The van der Waals surface area contributed by atoms with Crippen molar-refractivity contribution in [1.82, 2.24) is 13.9 Å². The normalized spacial score (nSPS) is 11.5. The molecule has 0 aliphatic heterocycles. The molecule has 5 aromatic rings. The van der Waals surface area contributed by atoms with Gasteiger partial charge in [-0.05, 0) is 42.5 Å². The van der Waals surface area contributed by atoms with E-state index in [1.807, 2.05) is 6.07 Å². The highest BCUT2D eigenvalue weighted by Gasteiger charge is 2.19. The maximum absolute atomic E-state index is 13.1. The number of nitrogen functional groups attached to an aromatic ring is 1. The molecule has 0 spiro atoms. The van der Waals surface area contributed by atoms with E-state index in [1.165, 1.54) is 16.4 Å². The average molecular weight is 458 g/mol. The van der Waals surface area contributed by atoms with Crippen LogP contribution in [-0.2, 0) is 10.0 Å². The predicted octanol–water partition coefficient (Wildman–Crippen LogP) is 4.37. The number of hydrogen-bond donors (Lipinski definition) is 3. The van der Waals surface area contributed by atoms with Gasteiger partial charge in [0.05, 0.1) is 22.3 Å². The third-order valence-electron chi connectivity index (χ3n) is 5.17. The van der Waals surface area contributed by atoms with Crippen LogP contribution in [0.2, 0.25) is 0 Å². The Morgan fingerprint density at radius 3 is 2.52 bits per heavy atom. The zero-order valence-corrected chi connectivity index (χ0v) is 18.1. The summed E-state index contributed by atoms with van der Waals surface area (Å²) in [5, 5.41) is 13.6. The number of aromatic nitrogens is 3. The number of fused-ring (bicyclic) bond motifs is 1. The second-order valence-corrected chi connectivity index (χ2v) is 9.16. The fourth-order valence-electron chi connectivity index (χ4n) is 3.57. The average Bonchev–Trinajstić information content (AvgIpc) is 3.27. The minimum absolute atomic E-state index is 0.105. The van der Waals surface area contributed by atoms with Gasteiger partial charge in [-0.25, -0.2) is 22.4 Å². The molecule has 0 atom stereocenters. The molecule has 164 valence electrons. The zero-order valence-electron chi connectivity index (χ0n) is 17.3. The summed E-state index contributed by atoms with van der Waals surface area (Å²) in [4.78, 5) is 8.96. The number of aromatic hydroxyl groups is 1. The summed E-state index contributed by atoms with van der Waals surface area (Å²) >= 11 is 0. The van der Waals surface area contributed by atoms with Crippen LogP contribution in [0.3, 0.4) is 0 Å².